The number of carboxylic acid groups (broad SMARTS) is 1. The maximum absolute atomic E-state index is 12.6. The smallest absolute Gasteiger partial charge is 0.309 e. The van der Waals surface area contributed by atoms with Gasteiger partial charge in [0, 0.05) is 17.8 Å². The monoisotopic (exact) mass is 231 g/mol. The van der Waals surface area contributed by atoms with E-state index in [2.05, 4.69) is 4.98 Å². The number of rotatable bonds is 4. The standard InChI is InChI=1S/C9H11F2N3O2/c10-9(11)8-5(3-12)6(13)1-4(14-8)2-7(15)16/h1,9H,2-3,12H2,(H2,13,14)(H,15,16). The normalized spacial score (nSPS) is 10.8. The van der Waals surface area contributed by atoms with Gasteiger partial charge in [0.1, 0.15) is 5.69 Å². The summed E-state index contributed by atoms with van der Waals surface area (Å²) < 4.78 is 25.2. The van der Waals surface area contributed by atoms with Gasteiger partial charge in [-0.3, -0.25) is 9.78 Å². The van der Waals surface area contributed by atoms with E-state index in [0.29, 0.717) is 0 Å². The molecule has 0 radical (unpaired) electrons. The van der Waals surface area contributed by atoms with E-state index in [4.69, 9.17) is 16.6 Å². The number of anilines is 1. The lowest BCUT2D eigenvalue weighted by atomic mass is 10.1. The molecule has 0 spiro atoms. The highest BCUT2D eigenvalue weighted by Gasteiger charge is 2.18. The van der Waals surface area contributed by atoms with Gasteiger partial charge < -0.3 is 16.6 Å². The molecule has 0 fully saturated rings. The average molecular weight is 231 g/mol. The number of pyridine rings is 1. The lowest BCUT2D eigenvalue weighted by Crippen LogP contribution is -2.12. The number of carboxylic acids is 1. The van der Waals surface area contributed by atoms with Crippen molar-refractivity contribution in [3.05, 3.63) is 23.0 Å². The average Bonchev–Trinajstić information content (AvgIpc) is 2.15. The van der Waals surface area contributed by atoms with Crippen molar-refractivity contribution in [2.24, 2.45) is 5.73 Å². The zero-order chi connectivity index (χ0) is 12.3. The van der Waals surface area contributed by atoms with E-state index in [1.165, 1.54) is 6.07 Å². The Labute approximate surface area is 90.1 Å². The fourth-order valence-corrected chi connectivity index (χ4v) is 1.32. The number of nitrogens with zero attached hydrogens (tertiary/aromatic N) is 1. The number of nitrogen functional groups attached to an aromatic ring is 1. The van der Waals surface area contributed by atoms with Gasteiger partial charge in [-0.2, -0.15) is 0 Å². The minimum absolute atomic E-state index is 0.00231. The van der Waals surface area contributed by atoms with Crippen molar-refractivity contribution in [3.63, 3.8) is 0 Å². The first-order chi connectivity index (χ1) is 7.45. The number of aromatic nitrogens is 1. The number of alkyl halides is 2. The van der Waals surface area contributed by atoms with Gasteiger partial charge in [0.15, 0.2) is 0 Å². The molecule has 0 aliphatic rings. The third-order valence-electron chi connectivity index (χ3n) is 1.99. The third kappa shape index (κ3) is 2.63. The Morgan fingerprint density at radius 2 is 2.19 bits per heavy atom. The van der Waals surface area contributed by atoms with Crippen LogP contribution in [0.3, 0.4) is 0 Å². The van der Waals surface area contributed by atoms with E-state index in [1.54, 1.807) is 0 Å². The van der Waals surface area contributed by atoms with E-state index < -0.39 is 24.5 Å². The molecular formula is C9H11F2N3O2. The zero-order valence-electron chi connectivity index (χ0n) is 8.28. The van der Waals surface area contributed by atoms with Crippen molar-refractivity contribution in [3.8, 4) is 0 Å². The summed E-state index contributed by atoms with van der Waals surface area (Å²) in [4.78, 5) is 14.0. The second kappa shape index (κ2) is 4.84. The predicted octanol–water partition coefficient (Wildman–Crippen LogP) is 0.687. The molecule has 0 atom stereocenters. The highest BCUT2D eigenvalue weighted by atomic mass is 19.3. The molecule has 88 valence electrons. The summed E-state index contributed by atoms with van der Waals surface area (Å²) in [5, 5.41) is 8.52. The lowest BCUT2D eigenvalue weighted by molar-refractivity contribution is -0.136. The Morgan fingerprint density at radius 3 is 2.62 bits per heavy atom. The van der Waals surface area contributed by atoms with Crippen LogP contribution in [-0.2, 0) is 17.8 Å². The molecule has 1 aromatic heterocycles. The van der Waals surface area contributed by atoms with E-state index >= 15 is 0 Å². The van der Waals surface area contributed by atoms with E-state index in [-0.39, 0.29) is 23.5 Å². The molecule has 5 N–H and O–H groups in total. The predicted molar refractivity (Wildman–Crippen MR) is 52.8 cm³/mol. The molecule has 0 unspecified atom stereocenters. The number of carbonyl (C=O) groups is 1. The summed E-state index contributed by atoms with van der Waals surface area (Å²) in [6, 6.07) is 1.25. The van der Waals surface area contributed by atoms with Crippen molar-refractivity contribution in [2.45, 2.75) is 19.4 Å². The second-order valence-corrected chi connectivity index (χ2v) is 3.14. The Kier molecular flexibility index (Phi) is 3.73. The number of halogens is 2. The van der Waals surface area contributed by atoms with Gasteiger partial charge in [0.05, 0.1) is 12.1 Å². The summed E-state index contributed by atoms with van der Waals surface area (Å²) in [6.45, 7) is -0.161. The topological polar surface area (TPSA) is 102 Å². The van der Waals surface area contributed by atoms with Crippen molar-refractivity contribution in [2.75, 3.05) is 5.73 Å². The summed E-state index contributed by atoms with van der Waals surface area (Å²) in [6.07, 6.45) is -3.27. The van der Waals surface area contributed by atoms with Crippen molar-refractivity contribution in [1.82, 2.24) is 4.98 Å². The molecule has 0 saturated carbocycles. The first-order valence-corrected chi connectivity index (χ1v) is 4.43. The minimum Gasteiger partial charge on any atom is -0.481 e. The summed E-state index contributed by atoms with van der Waals surface area (Å²) >= 11 is 0. The number of aliphatic carboxylic acids is 1. The first-order valence-electron chi connectivity index (χ1n) is 4.43. The van der Waals surface area contributed by atoms with Crippen LogP contribution in [0.15, 0.2) is 6.07 Å². The molecule has 1 rings (SSSR count). The number of hydrogen-bond donors (Lipinski definition) is 3. The molecule has 0 amide bonds. The van der Waals surface area contributed by atoms with Crippen molar-refractivity contribution >= 4 is 11.7 Å². The molecule has 7 heteroatoms. The van der Waals surface area contributed by atoms with Crippen LogP contribution in [0.2, 0.25) is 0 Å². The van der Waals surface area contributed by atoms with Crippen LogP contribution in [0.1, 0.15) is 23.4 Å². The first kappa shape index (κ1) is 12.3. The highest BCUT2D eigenvalue weighted by molar-refractivity contribution is 5.70. The summed E-state index contributed by atoms with van der Waals surface area (Å²) in [5.41, 5.74) is 10.3. The zero-order valence-corrected chi connectivity index (χ0v) is 8.28. The van der Waals surface area contributed by atoms with Gasteiger partial charge in [-0.05, 0) is 6.07 Å². The molecule has 1 aromatic rings. The maximum Gasteiger partial charge on any atom is 0.309 e. The van der Waals surface area contributed by atoms with Crippen LogP contribution >= 0.6 is 0 Å². The highest BCUT2D eigenvalue weighted by Crippen LogP contribution is 2.25. The van der Waals surface area contributed by atoms with E-state index in [1.807, 2.05) is 0 Å². The van der Waals surface area contributed by atoms with Crippen molar-refractivity contribution in [1.29, 1.82) is 0 Å². The van der Waals surface area contributed by atoms with E-state index in [0.717, 1.165) is 0 Å². The Hall–Kier alpha value is -1.76. The van der Waals surface area contributed by atoms with Crippen LogP contribution in [0, 0.1) is 0 Å². The maximum atomic E-state index is 12.6. The molecule has 0 saturated heterocycles. The van der Waals surface area contributed by atoms with Gasteiger partial charge in [0.2, 0.25) is 0 Å². The molecule has 1 heterocycles. The number of nitrogens with two attached hydrogens (primary N) is 2. The van der Waals surface area contributed by atoms with Crippen LogP contribution in [0.5, 0.6) is 0 Å². The van der Waals surface area contributed by atoms with Gasteiger partial charge in [0.25, 0.3) is 6.43 Å². The van der Waals surface area contributed by atoms with Gasteiger partial charge in [-0.25, -0.2) is 8.78 Å². The largest absolute Gasteiger partial charge is 0.481 e. The molecular weight excluding hydrogens is 220 g/mol. The van der Waals surface area contributed by atoms with Crippen LogP contribution in [0.4, 0.5) is 14.5 Å². The SMILES string of the molecule is NCc1c(N)cc(CC(=O)O)nc1C(F)F. The van der Waals surface area contributed by atoms with Crippen molar-refractivity contribution < 1.29 is 18.7 Å². The van der Waals surface area contributed by atoms with Crippen LogP contribution in [-0.4, -0.2) is 16.1 Å². The van der Waals surface area contributed by atoms with Gasteiger partial charge in [-0.15, -0.1) is 0 Å². The quantitative estimate of drug-likeness (QED) is 0.707. The second-order valence-electron chi connectivity index (χ2n) is 3.14. The van der Waals surface area contributed by atoms with Crippen LogP contribution in [0.25, 0.3) is 0 Å². The fourth-order valence-electron chi connectivity index (χ4n) is 1.32. The molecule has 0 aromatic carbocycles. The fraction of sp³-hybridized carbons (Fsp3) is 0.333. The molecule has 0 bridgehead atoms. The number of hydrogen-bond acceptors (Lipinski definition) is 4. The molecule has 0 aliphatic carbocycles. The van der Waals surface area contributed by atoms with Gasteiger partial charge in [-0.1, -0.05) is 0 Å². The van der Waals surface area contributed by atoms with E-state index in [9.17, 15) is 13.6 Å². The summed E-state index contributed by atoms with van der Waals surface area (Å²) in [5.74, 6) is -1.16. The molecule has 5 nitrogen and oxygen atoms in total. The minimum atomic E-state index is -2.82. The van der Waals surface area contributed by atoms with Crippen LogP contribution < -0.4 is 11.5 Å². The third-order valence-corrected chi connectivity index (χ3v) is 1.99. The summed E-state index contributed by atoms with van der Waals surface area (Å²) in [7, 11) is 0. The lowest BCUT2D eigenvalue weighted by Gasteiger charge is -2.11. The Morgan fingerprint density at radius 1 is 1.56 bits per heavy atom. The Bertz CT molecular complexity index is 410. The van der Waals surface area contributed by atoms with Gasteiger partial charge >= 0.3 is 5.97 Å². The molecule has 16 heavy (non-hydrogen) atoms. The Balaban J connectivity index is 3.22. The molecule has 0 aliphatic heterocycles.